The smallest absolute Gasteiger partial charge is 0.353 e. The van der Waals surface area contributed by atoms with Gasteiger partial charge in [-0.25, -0.2) is 0 Å². The first-order valence-corrected chi connectivity index (χ1v) is 3.94. The molecule has 7 nitrogen and oxygen atoms in total. The number of nitro groups is 1. The molecule has 0 bridgehead atoms. The maximum Gasteiger partial charge on any atom is 0.353 e. The van der Waals surface area contributed by atoms with Gasteiger partial charge < -0.3 is 10.1 Å². The molecule has 0 aromatic carbocycles. The molecule has 0 unspecified atom stereocenters. The Labute approximate surface area is 65.6 Å². The zero-order chi connectivity index (χ0) is 9.35. The average molecular weight is 195 g/mol. The third-order valence-electron chi connectivity index (χ3n) is 0.987. The number of aromatic nitrogens is 2. The number of nitrogens with one attached hydrogen (secondary N) is 1. The van der Waals surface area contributed by atoms with Crippen molar-refractivity contribution >= 4 is 16.0 Å². The molecule has 66 valence electrons. The van der Waals surface area contributed by atoms with Crippen LogP contribution in [0.5, 0.6) is 0 Å². The van der Waals surface area contributed by atoms with E-state index in [1.807, 2.05) is 0 Å². The van der Waals surface area contributed by atoms with Crippen LogP contribution < -0.4 is 0 Å². The first-order chi connectivity index (χ1) is 5.41. The van der Waals surface area contributed by atoms with Gasteiger partial charge in [0.2, 0.25) is 5.03 Å². The highest BCUT2D eigenvalue weighted by molar-refractivity contribution is 7.86. The van der Waals surface area contributed by atoms with Crippen molar-refractivity contribution in [1.29, 1.82) is 0 Å². The molecule has 1 aromatic rings. The van der Waals surface area contributed by atoms with E-state index in [0.29, 0.717) is 6.07 Å². The Morgan fingerprint density at radius 3 is 2.50 bits per heavy atom. The quantitative estimate of drug-likeness (QED) is 0.405. The Balaban J connectivity index is 3.17. The second kappa shape index (κ2) is 2.52. The third kappa shape index (κ3) is 1.56. The van der Waals surface area contributed by atoms with Crippen LogP contribution >= 0.6 is 0 Å². The van der Waals surface area contributed by atoms with Crippen molar-refractivity contribution in [2.45, 2.75) is 5.03 Å². The number of H-pyrrole nitrogens is 1. The fourth-order valence-electron chi connectivity index (χ4n) is 0.512. The third-order valence-corrected chi connectivity index (χ3v) is 1.70. The number of aromatic amines is 1. The van der Waals surface area contributed by atoms with Crippen LogP contribution in [0, 0.1) is 10.1 Å². The summed E-state index contributed by atoms with van der Waals surface area (Å²) >= 11 is 0. The predicted molar refractivity (Wildman–Crippen MR) is 33.5 cm³/mol. The van der Waals surface area contributed by atoms with E-state index in [1.165, 1.54) is 0 Å². The van der Waals surface area contributed by atoms with Crippen LogP contribution in [-0.2, 0) is 10.2 Å². The molecule has 1 N–H and O–H groups in total. The molecule has 9 heteroatoms. The van der Waals surface area contributed by atoms with Crippen molar-refractivity contribution in [2.75, 3.05) is 0 Å². The number of rotatable bonds is 2. The summed E-state index contributed by atoms with van der Waals surface area (Å²) in [6.07, 6.45) is 0. The molecule has 1 heterocycles. The number of hydrogen-bond acceptors (Lipinski definition) is 5. The van der Waals surface area contributed by atoms with E-state index >= 15 is 0 Å². The summed E-state index contributed by atoms with van der Waals surface area (Å²) in [6.45, 7) is 0. The van der Waals surface area contributed by atoms with E-state index < -0.39 is 26.0 Å². The molecule has 0 spiro atoms. The predicted octanol–water partition coefficient (Wildman–Crippen LogP) is -0.0239. The molecule has 0 saturated heterocycles. The van der Waals surface area contributed by atoms with Gasteiger partial charge in [-0.2, -0.15) is 8.42 Å². The summed E-state index contributed by atoms with van der Waals surface area (Å²) in [5, 5.41) is 13.6. The maximum atomic E-state index is 12.1. The summed E-state index contributed by atoms with van der Waals surface area (Å²) < 4.78 is 32.3. The molecule has 12 heavy (non-hydrogen) atoms. The molecule has 0 amide bonds. The van der Waals surface area contributed by atoms with Crippen LogP contribution in [0.25, 0.3) is 0 Å². The van der Waals surface area contributed by atoms with E-state index in [4.69, 9.17) is 0 Å². The molecule has 1 aromatic heterocycles. The van der Waals surface area contributed by atoms with Crippen molar-refractivity contribution in [3.05, 3.63) is 16.2 Å². The van der Waals surface area contributed by atoms with Gasteiger partial charge in [-0.1, -0.05) is 8.98 Å². The Bertz CT molecular complexity index is 409. The summed E-state index contributed by atoms with van der Waals surface area (Å²) in [5.74, 6) is -0.675. The number of halogens is 1. The highest BCUT2D eigenvalue weighted by atomic mass is 32.3. The lowest BCUT2D eigenvalue weighted by molar-refractivity contribution is -0.389. The Hall–Kier alpha value is -1.51. The standard InChI is InChI=1S/C3H2FN3O4S/c4-12(10,11)3-1-2(5-6-3)7(8)9/h1H,(H,5,6). The second-order valence-corrected chi connectivity index (χ2v) is 3.08. The van der Waals surface area contributed by atoms with Gasteiger partial charge >= 0.3 is 16.0 Å². The first-order valence-electron chi connectivity index (χ1n) is 2.56. The van der Waals surface area contributed by atoms with Crippen LogP contribution in [-0.4, -0.2) is 23.5 Å². The lowest BCUT2D eigenvalue weighted by Crippen LogP contribution is -1.90. The summed E-state index contributed by atoms with van der Waals surface area (Å²) in [4.78, 5) is 9.04. The SMILES string of the molecule is O=[N+]([O-])c1cc(S(=O)(=O)F)n[nH]1. The highest BCUT2D eigenvalue weighted by Crippen LogP contribution is 2.14. The number of nitrogens with zero attached hydrogens (tertiary/aromatic N) is 2. The van der Waals surface area contributed by atoms with Gasteiger partial charge in [-0.3, -0.25) is 0 Å². The Morgan fingerprint density at radius 2 is 2.25 bits per heavy atom. The van der Waals surface area contributed by atoms with Crippen LogP contribution in [0.1, 0.15) is 0 Å². The van der Waals surface area contributed by atoms with E-state index in [-0.39, 0.29) is 0 Å². The molecule has 0 fully saturated rings. The minimum Gasteiger partial charge on any atom is -0.358 e. The van der Waals surface area contributed by atoms with Crippen molar-refractivity contribution < 1.29 is 17.2 Å². The molecule has 0 aliphatic rings. The molecule has 0 aliphatic carbocycles. The lowest BCUT2D eigenvalue weighted by Gasteiger charge is -1.83. The minimum absolute atomic E-state index is 0.495. The largest absolute Gasteiger partial charge is 0.358 e. The minimum atomic E-state index is -4.96. The molecular formula is C3H2FN3O4S. The molecule has 0 aliphatic heterocycles. The second-order valence-electron chi connectivity index (χ2n) is 1.79. The number of hydrogen-bond donors (Lipinski definition) is 1. The summed E-state index contributed by atoms with van der Waals surface area (Å²) in [7, 11) is -4.96. The normalized spacial score (nSPS) is 11.4. The van der Waals surface area contributed by atoms with Gasteiger partial charge in [-0.15, -0.1) is 5.10 Å². The van der Waals surface area contributed by atoms with Crippen LogP contribution in [0.4, 0.5) is 9.70 Å². The molecule has 0 saturated carbocycles. The molecule has 0 radical (unpaired) electrons. The van der Waals surface area contributed by atoms with Crippen LogP contribution in [0.3, 0.4) is 0 Å². The van der Waals surface area contributed by atoms with Gasteiger partial charge in [0.25, 0.3) is 0 Å². The van der Waals surface area contributed by atoms with E-state index in [9.17, 15) is 22.4 Å². The van der Waals surface area contributed by atoms with Gasteiger partial charge in [0.05, 0.1) is 6.07 Å². The van der Waals surface area contributed by atoms with Crippen molar-refractivity contribution in [3.8, 4) is 0 Å². The van der Waals surface area contributed by atoms with Crippen molar-refractivity contribution in [2.24, 2.45) is 0 Å². The van der Waals surface area contributed by atoms with Crippen LogP contribution in [0.15, 0.2) is 11.1 Å². The average Bonchev–Trinajstić information content (AvgIpc) is 2.30. The van der Waals surface area contributed by atoms with Gasteiger partial charge in [0.1, 0.15) is 0 Å². The van der Waals surface area contributed by atoms with Gasteiger partial charge in [0.15, 0.2) is 0 Å². The first kappa shape index (κ1) is 8.59. The topological polar surface area (TPSA) is 106 Å². The molecule has 0 atom stereocenters. The Kier molecular flexibility index (Phi) is 1.80. The maximum absolute atomic E-state index is 12.1. The zero-order valence-electron chi connectivity index (χ0n) is 5.39. The summed E-state index contributed by atoms with van der Waals surface area (Å²) in [6, 6.07) is 0.495. The molecule has 1 rings (SSSR count). The fraction of sp³-hybridized carbons (Fsp3) is 0. The highest BCUT2D eigenvalue weighted by Gasteiger charge is 2.21. The Morgan fingerprint density at radius 1 is 1.67 bits per heavy atom. The fourth-order valence-corrected chi connectivity index (χ4v) is 0.919. The van der Waals surface area contributed by atoms with Crippen LogP contribution in [0.2, 0.25) is 0 Å². The van der Waals surface area contributed by atoms with Gasteiger partial charge in [0, 0.05) is 0 Å². The van der Waals surface area contributed by atoms with E-state index in [0.717, 1.165) is 0 Å². The summed E-state index contributed by atoms with van der Waals surface area (Å²) in [5.41, 5.74) is 0. The molecular weight excluding hydrogens is 193 g/mol. The van der Waals surface area contributed by atoms with E-state index in [1.54, 1.807) is 5.10 Å². The monoisotopic (exact) mass is 195 g/mol. The lowest BCUT2D eigenvalue weighted by atomic mass is 10.7. The van der Waals surface area contributed by atoms with Crippen molar-refractivity contribution in [3.63, 3.8) is 0 Å². The van der Waals surface area contributed by atoms with Gasteiger partial charge in [-0.05, 0) is 4.92 Å². The van der Waals surface area contributed by atoms with Crippen molar-refractivity contribution in [1.82, 2.24) is 10.2 Å². The zero-order valence-corrected chi connectivity index (χ0v) is 6.21. The van der Waals surface area contributed by atoms with E-state index in [2.05, 4.69) is 5.10 Å².